The molecule has 0 N–H and O–H groups in total. The quantitative estimate of drug-likeness (QED) is 0.546. The molecule has 0 aromatic heterocycles. The molecule has 22 heavy (non-hydrogen) atoms. The highest BCUT2D eigenvalue weighted by Gasteiger charge is 2.56. The predicted molar refractivity (Wildman–Crippen MR) is 77.6 cm³/mol. The van der Waals surface area contributed by atoms with Crippen LogP contribution in [-0.4, -0.2) is 29.9 Å². The number of fused-ring (bicyclic) bond motifs is 3. The third-order valence-electron chi connectivity index (χ3n) is 5.16. The van der Waals surface area contributed by atoms with Crippen molar-refractivity contribution in [2.75, 3.05) is 0 Å². The van der Waals surface area contributed by atoms with Crippen LogP contribution < -0.4 is 0 Å². The zero-order chi connectivity index (χ0) is 16.2. The topological polar surface area (TPSA) is 69.7 Å². The molecule has 0 radical (unpaired) electrons. The largest absolute Gasteiger partial charge is 0.462 e. The van der Waals surface area contributed by atoms with Gasteiger partial charge in [-0.3, -0.25) is 9.59 Å². The van der Waals surface area contributed by atoms with Gasteiger partial charge >= 0.3 is 11.9 Å². The summed E-state index contributed by atoms with van der Waals surface area (Å²) in [7, 11) is 0. The molecule has 0 aromatic rings. The third-order valence-corrected chi connectivity index (χ3v) is 5.16. The van der Waals surface area contributed by atoms with Crippen molar-refractivity contribution in [1.29, 1.82) is 0 Å². The highest BCUT2D eigenvalue weighted by atomic mass is 16.6. The monoisotopic (exact) mass is 304 g/mol. The molecule has 3 aliphatic rings. The second kappa shape index (κ2) is 5.07. The number of hydrogen-bond acceptors (Lipinski definition) is 5. The van der Waals surface area contributed by atoms with Crippen LogP contribution in [0.2, 0.25) is 0 Å². The number of carbonyl (C=O) groups excluding carboxylic acids is 3. The number of carbonyl (C=O) groups is 3. The van der Waals surface area contributed by atoms with Crippen LogP contribution in [-0.2, 0) is 23.9 Å². The number of hydrogen-bond donors (Lipinski definition) is 0. The molecular formula is C17H20O5. The van der Waals surface area contributed by atoms with Crippen LogP contribution in [0.15, 0.2) is 23.8 Å². The zero-order valence-electron chi connectivity index (χ0n) is 13.0. The Morgan fingerprint density at radius 2 is 2.00 bits per heavy atom. The fourth-order valence-electron chi connectivity index (χ4n) is 4.31. The molecular weight excluding hydrogens is 284 g/mol. The van der Waals surface area contributed by atoms with Gasteiger partial charge in [0.25, 0.3) is 0 Å². The van der Waals surface area contributed by atoms with Gasteiger partial charge in [0, 0.05) is 24.3 Å². The summed E-state index contributed by atoms with van der Waals surface area (Å²) in [6, 6.07) is 0. The molecule has 1 saturated heterocycles. The molecule has 0 spiro atoms. The standard InChI is InChI=1S/C17H20O5/c1-7-5-11(19)13-8(2)6-12(21-10(4)18)15-9(3)17(20)22-16(15)14(7)13/h5,8,12-16H,3,6H2,1-2,4H3/t8-,12-,13+,14-,15+,16+/m0/s1. The van der Waals surface area contributed by atoms with Gasteiger partial charge in [-0.2, -0.15) is 0 Å². The van der Waals surface area contributed by atoms with E-state index in [9.17, 15) is 14.4 Å². The molecule has 1 saturated carbocycles. The highest BCUT2D eigenvalue weighted by molar-refractivity contribution is 5.97. The SMILES string of the molecule is C=C1C(=O)O[C@@H]2[C@H]3C(C)=CC(=O)[C@H]3[C@@H](C)C[C@H](OC(C)=O)[C@@H]12. The van der Waals surface area contributed by atoms with Crippen molar-refractivity contribution in [3.05, 3.63) is 23.8 Å². The van der Waals surface area contributed by atoms with Gasteiger partial charge in [-0.15, -0.1) is 0 Å². The first kappa shape index (κ1) is 15.0. The molecule has 0 aromatic carbocycles. The van der Waals surface area contributed by atoms with Crippen molar-refractivity contribution in [2.45, 2.75) is 39.4 Å². The Labute approximate surface area is 129 Å². The molecule has 0 amide bonds. The summed E-state index contributed by atoms with van der Waals surface area (Å²) in [5.41, 5.74) is 1.28. The molecule has 2 aliphatic carbocycles. The second-order valence-corrected chi connectivity index (χ2v) is 6.62. The van der Waals surface area contributed by atoms with E-state index in [1.54, 1.807) is 6.08 Å². The Bertz CT molecular complexity index is 602. The minimum absolute atomic E-state index is 0.0488. The smallest absolute Gasteiger partial charge is 0.334 e. The predicted octanol–water partition coefficient (Wildman–Crippen LogP) is 1.82. The Kier molecular flexibility index (Phi) is 3.46. The van der Waals surface area contributed by atoms with Gasteiger partial charge < -0.3 is 9.47 Å². The van der Waals surface area contributed by atoms with Crippen LogP contribution in [0.3, 0.4) is 0 Å². The van der Waals surface area contributed by atoms with Crippen molar-refractivity contribution < 1.29 is 23.9 Å². The molecule has 1 heterocycles. The van der Waals surface area contributed by atoms with Crippen molar-refractivity contribution in [1.82, 2.24) is 0 Å². The number of ether oxygens (including phenoxy) is 2. The Morgan fingerprint density at radius 1 is 1.32 bits per heavy atom. The van der Waals surface area contributed by atoms with Crippen LogP contribution >= 0.6 is 0 Å². The van der Waals surface area contributed by atoms with Crippen LogP contribution in [0.4, 0.5) is 0 Å². The first-order valence-electron chi connectivity index (χ1n) is 7.60. The average molecular weight is 304 g/mol. The maximum Gasteiger partial charge on any atom is 0.334 e. The normalized spacial score (nSPS) is 40.5. The first-order chi connectivity index (χ1) is 10.3. The summed E-state index contributed by atoms with van der Waals surface area (Å²) in [6.45, 7) is 9.07. The van der Waals surface area contributed by atoms with Gasteiger partial charge in [-0.05, 0) is 25.3 Å². The summed E-state index contributed by atoms with van der Waals surface area (Å²) >= 11 is 0. The lowest BCUT2D eigenvalue weighted by Gasteiger charge is -2.28. The summed E-state index contributed by atoms with van der Waals surface area (Å²) in [6.07, 6.45) is 1.25. The van der Waals surface area contributed by atoms with E-state index in [1.807, 2.05) is 13.8 Å². The van der Waals surface area contributed by atoms with Crippen LogP contribution in [0, 0.1) is 23.7 Å². The maximum absolute atomic E-state index is 12.3. The van der Waals surface area contributed by atoms with Gasteiger partial charge in [0.15, 0.2) is 5.78 Å². The molecule has 2 fully saturated rings. The van der Waals surface area contributed by atoms with Gasteiger partial charge in [0.2, 0.25) is 0 Å². The van der Waals surface area contributed by atoms with Gasteiger partial charge in [-0.25, -0.2) is 4.79 Å². The molecule has 3 rings (SSSR count). The summed E-state index contributed by atoms with van der Waals surface area (Å²) in [4.78, 5) is 35.7. The van der Waals surface area contributed by atoms with E-state index in [-0.39, 0.29) is 29.5 Å². The second-order valence-electron chi connectivity index (χ2n) is 6.62. The highest BCUT2D eigenvalue weighted by Crippen LogP contribution is 2.50. The Hall–Kier alpha value is -1.91. The maximum atomic E-state index is 12.3. The van der Waals surface area contributed by atoms with E-state index >= 15 is 0 Å². The molecule has 5 heteroatoms. The molecule has 0 unspecified atom stereocenters. The van der Waals surface area contributed by atoms with Crippen molar-refractivity contribution in [2.24, 2.45) is 23.7 Å². The number of ketones is 1. The summed E-state index contributed by atoms with van der Waals surface area (Å²) in [5, 5.41) is 0. The van der Waals surface area contributed by atoms with E-state index in [0.717, 1.165) is 5.57 Å². The van der Waals surface area contributed by atoms with E-state index in [1.165, 1.54) is 6.92 Å². The van der Waals surface area contributed by atoms with Crippen LogP contribution in [0.25, 0.3) is 0 Å². The minimum Gasteiger partial charge on any atom is -0.462 e. The molecule has 6 atom stereocenters. The van der Waals surface area contributed by atoms with E-state index in [0.29, 0.717) is 12.0 Å². The molecule has 5 nitrogen and oxygen atoms in total. The number of rotatable bonds is 1. The van der Waals surface area contributed by atoms with Crippen molar-refractivity contribution in [3.63, 3.8) is 0 Å². The van der Waals surface area contributed by atoms with Crippen LogP contribution in [0.1, 0.15) is 27.2 Å². The lowest BCUT2D eigenvalue weighted by Crippen LogP contribution is -2.36. The van der Waals surface area contributed by atoms with Gasteiger partial charge in [0.05, 0.1) is 5.92 Å². The fraction of sp³-hybridized carbons (Fsp3) is 0.588. The van der Waals surface area contributed by atoms with E-state index in [2.05, 4.69) is 6.58 Å². The Balaban J connectivity index is 2.04. The number of esters is 2. The van der Waals surface area contributed by atoms with E-state index in [4.69, 9.17) is 9.47 Å². The molecule has 1 aliphatic heterocycles. The minimum atomic E-state index is -0.470. The van der Waals surface area contributed by atoms with Crippen molar-refractivity contribution >= 4 is 17.7 Å². The average Bonchev–Trinajstić information content (AvgIpc) is 2.81. The molecule has 118 valence electrons. The summed E-state index contributed by atoms with van der Waals surface area (Å²) in [5.74, 6) is -1.45. The van der Waals surface area contributed by atoms with Crippen molar-refractivity contribution in [3.8, 4) is 0 Å². The van der Waals surface area contributed by atoms with Gasteiger partial charge in [-0.1, -0.05) is 19.1 Å². The third kappa shape index (κ3) is 2.11. The first-order valence-corrected chi connectivity index (χ1v) is 7.60. The number of allylic oxidation sites excluding steroid dienone is 1. The fourth-order valence-corrected chi connectivity index (χ4v) is 4.31. The van der Waals surface area contributed by atoms with Crippen LogP contribution in [0.5, 0.6) is 0 Å². The van der Waals surface area contributed by atoms with Gasteiger partial charge in [0.1, 0.15) is 12.2 Å². The molecule has 0 bridgehead atoms. The lowest BCUT2D eigenvalue weighted by atomic mass is 9.78. The Morgan fingerprint density at radius 3 is 2.64 bits per heavy atom. The lowest BCUT2D eigenvalue weighted by molar-refractivity contribution is -0.150. The summed E-state index contributed by atoms with van der Waals surface area (Å²) < 4.78 is 11.0. The van der Waals surface area contributed by atoms with E-state index < -0.39 is 24.1 Å². The zero-order valence-corrected chi connectivity index (χ0v) is 13.0.